The van der Waals surface area contributed by atoms with E-state index in [2.05, 4.69) is 20.6 Å². The van der Waals surface area contributed by atoms with E-state index in [4.69, 9.17) is 0 Å². The van der Waals surface area contributed by atoms with Gasteiger partial charge in [0.25, 0.3) is 5.91 Å². The van der Waals surface area contributed by atoms with Crippen molar-refractivity contribution < 1.29 is 9.59 Å². The Morgan fingerprint density at radius 3 is 2.55 bits per heavy atom. The van der Waals surface area contributed by atoms with Crippen molar-refractivity contribution in [3.8, 4) is 5.82 Å². The number of pyridine rings is 1. The number of carbonyl (C=O) groups is 2. The van der Waals surface area contributed by atoms with Gasteiger partial charge in [-0.15, -0.1) is 0 Å². The summed E-state index contributed by atoms with van der Waals surface area (Å²) in [5.41, 5.74) is 2.32. The highest BCUT2D eigenvalue weighted by atomic mass is 16.2. The third-order valence-electron chi connectivity index (χ3n) is 4.67. The van der Waals surface area contributed by atoms with Gasteiger partial charge >= 0.3 is 0 Å². The quantitative estimate of drug-likeness (QED) is 0.648. The molecule has 2 N–H and O–H groups in total. The summed E-state index contributed by atoms with van der Waals surface area (Å²) in [4.78, 5) is 33.7. The highest BCUT2D eigenvalue weighted by molar-refractivity contribution is 5.98. The van der Waals surface area contributed by atoms with Crippen molar-refractivity contribution in [2.45, 2.75) is 33.4 Å². The Morgan fingerprint density at radius 1 is 1.14 bits per heavy atom. The lowest BCUT2D eigenvalue weighted by atomic mass is 10.0. The molecule has 0 radical (unpaired) electrons. The van der Waals surface area contributed by atoms with Crippen molar-refractivity contribution in [1.29, 1.82) is 0 Å². The monoisotopic (exact) mass is 391 g/mol. The Labute approximate surface area is 170 Å². The Balaban J connectivity index is 1.61. The molecule has 0 saturated carbocycles. The van der Waals surface area contributed by atoms with Crippen molar-refractivity contribution in [3.05, 3.63) is 78.0 Å². The van der Waals surface area contributed by atoms with Gasteiger partial charge in [-0.2, -0.15) is 0 Å². The molecule has 0 aliphatic heterocycles. The van der Waals surface area contributed by atoms with Crippen LogP contribution in [0.2, 0.25) is 0 Å². The molecule has 3 rings (SSSR count). The number of hydrogen-bond donors (Lipinski definition) is 2. The minimum absolute atomic E-state index is 0.0512. The van der Waals surface area contributed by atoms with E-state index in [0.717, 1.165) is 16.9 Å². The molecule has 2 amide bonds. The molecule has 0 saturated heterocycles. The molecule has 7 heteroatoms. The number of imidazole rings is 1. The van der Waals surface area contributed by atoms with E-state index in [1.165, 1.54) is 0 Å². The van der Waals surface area contributed by atoms with Gasteiger partial charge in [-0.25, -0.2) is 9.97 Å². The summed E-state index contributed by atoms with van der Waals surface area (Å²) in [6.45, 7) is 6.02. The van der Waals surface area contributed by atoms with E-state index >= 15 is 0 Å². The van der Waals surface area contributed by atoms with Crippen LogP contribution in [0.1, 0.15) is 35.3 Å². The highest BCUT2D eigenvalue weighted by Gasteiger charge is 2.25. The Bertz CT molecular complexity index is 965. The molecular formula is C22H25N5O2. The standard InChI is InChI=1S/C22H25N5O2/c1-15(2)20(26-21(28)18-7-5-4-6-16(18)3)22(29)25-13-17-8-9-19(24-12-17)27-11-10-23-14-27/h4-12,14-15,20H,13H2,1-3H3,(H,25,29)(H,26,28). The average molecular weight is 391 g/mol. The van der Waals surface area contributed by atoms with Gasteiger partial charge in [-0.3, -0.25) is 14.2 Å². The summed E-state index contributed by atoms with van der Waals surface area (Å²) in [6.07, 6.45) is 6.89. The van der Waals surface area contributed by atoms with Gasteiger partial charge in [0.1, 0.15) is 18.2 Å². The number of hydrogen-bond acceptors (Lipinski definition) is 4. The van der Waals surface area contributed by atoms with Crippen LogP contribution < -0.4 is 10.6 Å². The number of rotatable bonds is 7. The van der Waals surface area contributed by atoms with E-state index in [1.807, 2.05) is 57.3 Å². The Morgan fingerprint density at radius 2 is 1.93 bits per heavy atom. The first-order chi connectivity index (χ1) is 14.0. The lowest BCUT2D eigenvalue weighted by Crippen LogP contribution is -2.49. The predicted molar refractivity (Wildman–Crippen MR) is 110 cm³/mol. The summed E-state index contributed by atoms with van der Waals surface area (Å²) in [7, 11) is 0. The maximum atomic E-state index is 12.7. The number of amides is 2. The van der Waals surface area contributed by atoms with Crippen LogP contribution in [0.25, 0.3) is 5.82 Å². The number of aromatic nitrogens is 3. The zero-order valence-electron chi connectivity index (χ0n) is 16.8. The fourth-order valence-corrected chi connectivity index (χ4v) is 2.95. The Hall–Kier alpha value is -3.48. The lowest BCUT2D eigenvalue weighted by Gasteiger charge is -2.22. The van der Waals surface area contributed by atoms with Crippen molar-refractivity contribution in [3.63, 3.8) is 0 Å². The molecule has 0 aliphatic rings. The van der Waals surface area contributed by atoms with Crippen LogP contribution in [0, 0.1) is 12.8 Å². The molecule has 0 bridgehead atoms. The minimum atomic E-state index is -0.625. The summed E-state index contributed by atoms with van der Waals surface area (Å²) >= 11 is 0. The molecule has 2 aromatic heterocycles. The highest BCUT2D eigenvalue weighted by Crippen LogP contribution is 2.10. The average Bonchev–Trinajstić information content (AvgIpc) is 3.25. The van der Waals surface area contributed by atoms with E-state index in [0.29, 0.717) is 12.1 Å². The van der Waals surface area contributed by atoms with Gasteiger partial charge in [0.15, 0.2) is 0 Å². The maximum absolute atomic E-state index is 12.7. The number of nitrogens with zero attached hydrogens (tertiary/aromatic N) is 3. The third kappa shape index (κ3) is 5.07. The Kier molecular flexibility index (Phi) is 6.39. The first-order valence-electron chi connectivity index (χ1n) is 9.53. The molecule has 1 atom stereocenters. The van der Waals surface area contributed by atoms with E-state index in [-0.39, 0.29) is 17.7 Å². The van der Waals surface area contributed by atoms with Gasteiger partial charge in [-0.05, 0) is 36.1 Å². The van der Waals surface area contributed by atoms with E-state index < -0.39 is 6.04 Å². The first-order valence-corrected chi connectivity index (χ1v) is 9.53. The second-order valence-corrected chi connectivity index (χ2v) is 7.22. The predicted octanol–water partition coefficient (Wildman–Crippen LogP) is 2.65. The fraction of sp³-hybridized carbons (Fsp3) is 0.273. The van der Waals surface area contributed by atoms with Crippen LogP contribution in [0.5, 0.6) is 0 Å². The number of aryl methyl sites for hydroxylation is 1. The second-order valence-electron chi connectivity index (χ2n) is 7.22. The molecule has 29 heavy (non-hydrogen) atoms. The normalized spacial score (nSPS) is 11.9. The van der Waals surface area contributed by atoms with Crippen LogP contribution in [-0.4, -0.2) is 32.4 Å². The van der Waals surface area contributed by atoms with E-state index in [1.54, 1.807) is 29.4 Å². The second kappa shape index (κ2) is 9.14. The summed E-state index contributed by atoms with van der Waals surface area (Å²) in [6, 6.07) is 10.5. The van der Waals surface area contributed by atoms with Gasteiger partial charge in [0.05, 0.1) is 0 Å². The molecule has 2 heterocycles. The molecule has 1 unspecified atom stereocenters. The van der Waals surface area contributed by atoms with Crippen LogP contribution in [0.4, 0.5) is 0 Å². The van der Waals surface area contributed by atoms with Crippen molar-refractivity contribution in [1.82, 2.24) is 25.2 Å². The number of nitrogens with one attached hydrogen (secondary N) is 2. The van der Waals surface area contributed by atoms with Crippen LogP contribution in [-0.2, 0) is 11.3 Å². The van der Waals surface area contributed by atoms with Crippen molar-refractivity contribution in [2.24, 2.45) is 5.92 Å². The SMILES string of the molecule is Cc1ccccc1C(=O)NC(C(=O)NCc1ccc(-n2ccnc2)nc1)C(C)C. The summed E-state index contributed by atoms with van der Waals surface area (Å²) in [5, 5.41) is 5.75. The van der Waals surface area contributed by atoms with Crippen molar-refractivity contribution in [2.75, 3.05) is 0 Å². The van der Waals surface area contributed by atoms with Crippen LogP contribution in [0.15, 0.2) is 61.3 Å². The molecule has 0 aliphatic carbocycles. The first kappa shape index (κ1) is 20.3. The smallest absolute Gasteiger partial charge is 0.252 e. The number of benzene rings is 1. The largest absolute Gasteiger partial charge is 0.350 e. The van der Waals surface area contributed by atoms with Crippen LogP contribution >= 0.6 is 0 Å². The molecule has 150 valence electrons. The molecule has 7 nitrogen and oxygen atoms in total. The summed E-state index contributed by atoms with van der Waals surface area (Å²) < 4.78 is 1.80. The zero-order valence-corrected chi connectivity index (χ0v) is 16.8. The molecule has 0 spiro atoms. The lowest BCUT2D eigenvalue weighted by molar-refractivity contribution is -0.124. The molecular weight excluding hydrogens is 366 g/mol. The summed E-state index contributed by atoms with van der Waals surface area (Å²) in [5.74, 6) is 0.233. The van der Waals surface area contributed by atoms with E-state index in [9.17, 15) is 9.59 Å². The minimum Gasteiger partial charge on any atom is -0.350 e. The fourth-order valence-electron chi connectivity index (χ4n) is 2.95. The molecule has 0 fully saturated rings. The van der Waals surface area contributed by atoms with Gasteiger partial charge < -0.3 is 10.6 Å². The van der Waals surface area contributed by atoms with Crippen molar-refractivity contribution >= 4 is 11.8 Å². The molecule has 3 aromatic rings. The van der Waals surface area contributed by atoms with Gasteiger partial charge in [0, 0.05) is 30.7 Å². The topological polar surface area (TPSA) is 88.9 Å². The zero-order chi connectivity index (χ0) is 20.8. The third-order valence-corrected chi connectivity index (χ3v) is 4.67. The molecule has 1 aromatic carbocycles. The van der Waals surface area contributed by atoms with Crippen LogP contribution in [0.3, 0.4) is 0 Å². The maximum Gasteiger partial charge on any atom is 0.252 e. The number of carbonyl (C=O) groups excluding carboxylic acids is 2. The van der Waals surface area contributed by atoms with Gasteiger partial charge in [-0.1, -0.05) is 38.1 Å². The van der Waals surface area contributed by atoms with Gasteiger partial charge in [0.2, 0.25) is 5.91 Å².